The Morgan fingerprint density at radius 1 is 1.45 bits per heavy atom. The van der Waals surface area contributed by atoms with Crippen molar-refractivity contribution in [3.05, 3.63) is 46.4 Å². The maximum atomic E-state index is 12.2. The average Bonchev–Trinajstić information content (AvgIpc) is 3.10. The zero-order valence-corrected chi connectivity index (χ0v) is 13.6. The first-order valence-electron chi connectivity index (χ1n) is 7.59. The number of thiophene rings is 1. The Morgan fingerprint density at radius 3 is 2.86 bits per heavy atom. The number of carbonyl (C=O) groups excluding carboxylic acids is 1. The van der Waals surface area contributed by atoms with Crippen molar-refractivity contribution in [2.75, 3.05) is 0 Å². The van der Waals surface area contributed by atoms with Crippen LogP contribution in [0, 0.1) is 0 Å². The first-order valence-corrected chi connectivity index (χ1v) is 8.41. The zero-order valence-electron chi connectivity index (χ0n) is 12.7. The minimum Gasteiger partial charge on any atom is -0.328 e. The van der Waals surface area contributed by atoms with Crippen molar-refractivity contribution < 1.29 is 4.79 Å². The number of carbonyl (C=O) groups is 1. The van der Waals surface area contributed by atoms with Gasteiger partial charge in [-0.25, -0.2) is 4.68 Å². The van der Waals surface area contributed by atoms with Crippen LogP contribution in [0.5, 0.6) is 0 Å². The Bertz CT molecular complexity index is 671. The molecule has 1 amide bonds. The highest BCUT2D eigenvalue weighted by molar-refractivity contribution is 7.11. The van der Waals surface area contributed by atoms with Gasteiger partial charge in [-0.1, -0.05) is 18.7 Å². The molecular formula is C16H20N4OS. The summed E-state index contributed by atoms with van der Waals surface area (Å²) in [7, 11) is 0. The molecule has 1 aliphatic rings. The molecule has 0 aromatic carbocycles. The van der Waals surface area contributed by atoms with Crippen molar-refractivity contribution in [2.45, 2.75) is 45.3 Å². The Hall–Kier alpha value is -1.95. The minimum atomic E-state index is -0.0602. The van der Waals surface area contributed by atoms with Gasteiger partial charge in [-0.3, -0.25) is 4.79 Å². The first kappa shape index (κ1) is 15.0. The van der Waals surface area contributed by atoms with E-state index in [1.807, 2.05) is 4.68 Å². The summed E-state index contributed by atoms with van der Waals surface area (Å²) in [5, 5.41) is 8.14. The van der Waals surface area contributed by atoms with Crippen molar-refractivity contribution in [1.82, 2.24) is 19.9 Å². The topological polar surface area (TPSA) is 51.0 Å². The second-order valence-corrected chi connectivity index (χ2v) is 6.77. The molecular weight excluding hydrogens is 296 g/mol. The molecule has 22 heavy (non-hydrogen) atoms. The molecule has 0 radical (unpaired) electrons. The fraction of sp³-hybridized carbons (Fsp3) is 0.438. The second kappa shape index (κ2) is 6.44. The van der Waals surface area contributed by atoms with Crippen molar-refractivity contribution >= 4 is 17.2 Å². The third kappa shape index (κ3) is 3.27. The molecule has 2 aromatic heterocycles. The Balaban J connectivity index is 1.75. The maximum Gasteiger partial charge on any atom is 0.246 e. The summed E-state index contributed by atoms with van der Waals surface area (Å²) in [6.45, 7) is 6.88. The number of aryl methyl sites for hydroxylation is 1. The summed E-state index contributed by atoms with van der Waals surface area (Å²) >= 11 is 1.76. The summed E-state index contributed by atoms with van der Waals surface area (Å²) in [5.41, 5.74) is 0.991. The van der Waals surface area contributed by atoms with Crippen LogP contribution in [0.2, 0.25) is 0 Å². The highest BCUT2D eigenvalue weighted by Gasteiger charge is 2.27. The van der Waals surface area contributed by atoms with Crippen molar-refractivity contribution in [3.8, 4) is 0 Å². The maximum absolute atomic E-state index is 12.2. The lowest BCUT2D eigenvalue weighted by atomic mass is 10.3. The van der Waals surface area contributed by atoms with Crippen molar-refractivity contribution in [2.24, 2.45) is 0 Å². The number of hydrogen-bond acceptors (Lipinski definition) is 4. The van der Waals surface area contributed by atoms with E-state index in [1.54, 1.807) is 22.4 Å². The number of hydrogen-bond donors (Lipinski definition) is 0. The Labute approximate surface area is 134 Å². The van der Waals surface area contributed by atoms with E-state index in [0.717, 1.165) is 25.0 Å². The zero-order chi connectivity index (χ0) is 15.5. The third-order valence-electron chi connectivity index (χ3n) is 3.79. The van der Waals surface area contributed by atoms with Crippen LogP contribution in [-0.2, 0) is 24.3 Å². The van der Waals surface area contributed by atoms with Crippen LogP contribution >= 0.6 is 11.3 Å². The van der Waals surface area contributed by atoms with E-state index in [-0.39, 0.29) is 5.91 Å². The second-order valence-electron chi connectivity index (χ2n) is 5.52. The van der Waals surface area contributed by atoms with Gasteiger partial charge in [0.1, 0.15) is 0 Å². The van der Waals surface area contributed by atoms with E-state index >= 15 is 0 Å². The molecule has 1 fully saturated rings. The number of aromatic nitrogens is 3. The molecule has 0 unspecified atom stereocenters. The standard InChI is InChI=1S/C16H20N4OS/c1-3-14-7-8-15(22-14)11-19(16(21)4-2)10-13-9-17-18-20(13)12-5-6-12/h4,7-9,12H,2-3,5-6,10-11H2,1H3. The largest absolute Gasteiger partial charge is 0.328 e. The molecule has 0 spiro atoms. The van der Waals surface area contributed by atoms with Gasteiger partial charge >= 0.3 is 0 Å². The van der Waals surface area contributed by atoms with Gasteiger partial charge in [0, 0.05) is 9.75 Å². The molecule has 116 valence electrons. The van der Waals surface area contributed by atoms with Crippen molar-refractivity contribution in [1.29, 1.82) is 0 Å². The third-order valence-corrected chi connectivity index (χ3v) is 5.01. The lowest BCUT2D eigenvalue weighted by Crippen LogP contribution is -2.29. The van der Waals surface area contributed by atoms with Crippen LogP contribution in [0.4, 0.5) is 0 Å². The normalized spacial score (nSPS) is 14.0. The molecule has 0 atom stereocenters. The van der Waals surface area contributed by atoms with E-state index in [4.69, 9.17) is 0 Å². The molecule has 1 aliphatic carbocycles. The van der Waals surface area contributed by atoms with Gasteiger partial charge < -0.3 is 4.90 Å². The summed E-state index contributed by atoms with van der Waals surface area (Å²) in [6, 6.07) is 4.70. The smallest absolute Gasteiger partial charge is 0.246 e. The lowest BCUT2D eigenvalue weighted by molar-refractivity contribution is -0.127. The van der Waals surface area contributed by atoms with Crippen LogP contribution in [0.25, 0.3) is 0 Å². The molecule has 1 saturated carbocycles. The number of nitrogens with zero attached hydrogens (tertiary/aromatic N) is 4. The summed E-state index contributed by atoms with van der Waals surface area (Å²) in [5.74, 6) is -0.0602. The highest BCUT2D eigenvalue weighted by atomic mass is 32.1. The van der Waals surface area contributed by atoms with Gasteiger partial charge in [-0.05, 0) is 37.5 Å². The summed E-state index contributed by atoms with van der Waals surface area (Å²) < 4.78 is 1.95. The van der Waals surface area contributed by atoms with E-state index in [0.29, 0.717) is 19.1 Å². The predicted molar refractivity (Wildman–Crippen MR) is 86.4 cm³/mol. The molecule has 0 N–H and O–H groups in total. The monoisotopic (exact) mass is 316 g/mol. The van der Waals surface area contributed by atoms with Crippen LogP contribution in [0.1, 0.15) is 41.3 Å². The Kier molecular flexibility index (Phi) is 4.38. The molecule has 2 aromatic rings. The molecule has 0 bridgehead atoms. The predicted octanol–water partition coefficient (Wildman–Crippen LogP) is 2.95. The van der Waals surface area contributed by atoms with Gasteiger partial charge in [0.15, 0.2) is 0 Å². The van der Waals surface area contributed by atoms with E-state index in [9.17, 15) is 4.79 Å². The number of amides is 1. The fourth-order valence-corrected chi connectivity index (χ4v) is 3.40. The lowest BCUT2D eigenvalue weighted by Gasteiger charge is -2.20. The molecule has 2 heterocycles. The average molecular weight is 316 g/mol. The molecule has 0 saturated heterocycles. The van der Waals surface area contributed by atoms with E-state index in [2.05, 4.69) is 35.9 Å². The van der Waals surface area contributed by atoms with E-state index in [1.165, 1.54) is 15.8 Å². The van der Waals surface area contributed by atoms with E-state index < -0.39 is 0 Å². The Morgan fingerprint density at radius 2 is 2.23 bits per heavy atom. The fourth-order valence-electron chi connectivity index (χ4n) is 2.43. The van der Waals surface area contributed by atoms with Gasteiger partial charge in [0.2, 0.25) is 5.91 Å². The van der Waals surface area contributed by atoms with Gasteiger partial charge in [-0.15, -0.1) is 16.4 Å². The molecule has 6 heteroatoms. The molecule has 0 aliphatic heterocycles. The van der Waals surface area contributed by atoms with Crippen molar-refractivity contribution in [3.63, 3.8) is 0 Å². The van der Waals surface area contributed by atoms with Gasteiger partial charge in [0.05, 0.1) is 31.0 Å². The molecule has 3 rings (SSSR count). The highest BCUT2D eigenvalue weighted by Crippen LogP contribution is 2.35. The summed E-state index contributed by atoms with van der Waals surface area (Å²) in [4.78, 5) is 16.5. The number of rotatable bonds is 7. The van der Waals surface area contributed by atoms with Crippen LogP contribution in [-0.4, -0.2) is 25.8 Å². The van der Waals surface area contributed by atoms with Gasteiger partial charge in [-0.2, -0.15) is 0 Å². The van der Waals surface area contributed by atoms with Crippen LogP contribution < -0.4 is 0 Å². The van der Waals surface area contributed by atoms with Gasteiger partial charge in [0.25, 0.3) is 0 Å². The van der Waals surface area contributed by atoms with Crippen LogP contribution in [0.3, 0.4) is 0 Å². The minimum absolute atomic E-state index is 0.0602. The first-order chi connectivity index (χ1) is 10.7. The van der Waals surface area contributed by atoms with Crippen LogP contribution in [0.15, 0.2) is 31.0 Å². The quantitative estimate of drug-likeness (QED) is 0.738. The summed E-state index contributed by atoms with van der Waals surface area (Å²) in [6.07, 6.45) is 6.46. The SMILES string of the molecule is C=CC(=O)N(Cc1ccc(CC)s1)Cc1cnnn1C1CC1. The molecule has 5 nitrogen and oxygen atoms in total.